The van der Waals surface area contributed by atoms with Crippen LogP contribution < -0.4 is 10.6 Å². The lowest BCUT2D eigenvalue weighted by molar-refractivity contribution is 0.420. The van der Waals surface area contributed by atoms with E-state index in [9.17, 15) is 0 Å². The Morgan fingerprint density at radius 1 is 1.15 bits per heavy atom. The van der Waals surface area contributed by atoms with Crippen molar-refractivity contribution in [3.63, 3.8) is 0 Å². The summed E-state index contributed by atoms with van der Waals surface area (Å²) in [5, 5.41) is 4.67. The van der Waals surface area contributed by atoms with E-state index < -0.39 is 0 Å². The van der Waals surface area contributed by atoms with Gasteiger partial charge in [0.1, 0.15) is 0 Å². The van der Waals surface area contributed by atoms with Gasteiger partial charge in [0.2, 0.25) is 0 Å². The molecule has 2 heterocycles. The molecule has 1 unspecified atom stereocenters. The number of nitrogens with two attached hydrogens (primary N) is 1. The van der Waals surface area contributed by atoms with Gasteiger partial charge in [-0.15, -0.1) is 0 Å². The molecule has 1 saturated carbocycles. The van der Waals surface area contributed by atoms with Gasteiger partial charge in [0, 0.05) is 18.6 Å². The van der Waals surface area contributed by atoms with Crippen LogP contribution in [-0.2, 0) is 0 Å². The molecule has 1 aromatic rings. The van der Waals surface area contributed by atoms with Gasteiger partial charge in [-0.05, 0) is 52.4 Å². The number of hydrogen-bond donors (Lipinski definition) is 1. The van der Waals surface area contributed by atoms with Crippen molar-refractivity contribution in [3.8, 4) is 0 Å². The van der Waals surface area contributed by atoms with Crippen molar-refractivity contribution >= 4 is 11.5 Å². The smallest absolute Gasteiger partial charge is 0.151 e. The number of aryl methyl sites for hydroxylation is 1. The van der Waals surface area contributed by atoms with Crippen molar-refractivity contribution in [2.24, 2.45) is 5.92 Å². The molecule has 1 aromatic heterocycles. The van der Waals surface area contributed by atoms with Crippen molar-refractivity contribution in [2.75, 3.05) is 17.2 Å². The summed E-state index contributed by atoms with van der Waals surface area (Å²) in [6.07, 6.45) is 8.24. The fourth-order valence-electron chi connectivity index (χ4n) is 4.08. The topological polar surface area (TPSA) is 47.1 Å². The predicted molar refractivity (Wildman–Crippen MR) is 84.1 cm³/mol. The standard InChI is InChI=1S/C16H28N4/c1-11(2)20-16(15(17)12(3)18-20)19-10-6-9-14(19)13-7-4-5-8-13/h11,13-14H,4-10,17H2,1-3H3. The minimum absolute atomic E-state index is 0.367. The van der Waals surface area contributed by atoms with E-state index in [0.29, 0.717) is 12.1 Å². The molecule has 4 heteroatoms. The SMILES string of the molecule is Cc1nn(C(C)C)c(N2CCCC2C2CCCC2)c1N. The number of aromatic nitrogens is 2. The Hall–Kier alpha value is -1.19. The van der Waals surface area contributed by atoms with Gasteiger partial charge in [0.05, 0.1) is 11.4 Å². The molecule has 0 aromatic carbocycles. The number of rotatable bonds is 3. The molecule has 2 N–H and O–H groups in total. The molecular formula is C16H28N4. The van der Waals surface area contributed by atoms with Crippen LogP contribution in [0.15, 0.2) is 0 Å². The molecule has 1 atom stereocenters. The Labute approximate surface area is 122 Å². The number of nitrogen functional groups attached to an aromatic ring is 1. The Morgan fingerprint density at radius 2 is 1.85 bits per heavy atom. The van der Waals surface area contributed by atoms with Gasteiger partial charge in [-0.2, -0.15) is 5.10 Å². The molecule has 112 valence electrons. The predicted octanol–water partition coefficient (Wildman–Crippen LogP) is 3.51. The van der Waals surface area contributed by atoms with Gasteiger partial charge in [0.15, 0.2) is 5.82 Å². The lowest BCUT2D eigenvalue weighted by Gasteiger charge is -2.32. The van der Waals surface area contributed by atoms with Gasteiger partial charge in [-0.3, -0.25) is 0 Å². The summed E-state index contributed by atoms with van der Waals surface area (Å²) in [4.78, 5) is 2.57. The van der Waals surface area contributed by atoms with Crippen LogP contribution in [0.1, 0.15) is 64.1 Å². The molecule has 1 aliphatic heterocycles. The second kappa shape index (κ2) is 5.30. The Balaban J connectivity index is 1.94. The van der Waals surface area contributed by atoms with Gasteiger partial charge >= 0.3 is 0 Å². The largest absolute Gasteiger partial charge is 0.394 e. The van der Waals surface area contributed by atoms with E-state index in [2.05, 4.69) is 28.5 Å². The summed E-state index contributed by atoms with van der Waals surface area (Å²) in [5.74, 6) is 2.06. The van der Waals surface area contributed by atoms with E-state index in [1.165, 1.54) is 44.3 Å². The first-order valence-electron chi connectivity index (χ1n) is 8.20. The monoisotopic (exact) mass is 276 g/mol. The summed E-state index contributed by atoms with van der Waals surface area (Å²) in [7, 11) is 0. The third kappa shape index (κ3) is 2.19. The lowest BCUT2D eigenvalue weighted by atomic mass is 9.96. The van der Waals surface area contributed by atoms with Crippen molar-refractivity contribution in [1.29, 1.82) is 0 Å². The average Bonchev–Trinajstić information content (AvgIpc) is 3.10. The Morgan fingerprint density at radius 3 is 2.50 bits per heavy atom. The molecule has 2 aliphatic rings. The van der Waals surface area contributed by atoms with Gasteiger partial charge < -0.3 is 10.6 Å². The third-order valence-electron chi connectivity index (χ3n) is 5.11. The van der Waals surface area contributed by atoms with Crippen molar-refractivity contribution in [3.05, 3.63) is 5.69 Å². The van der Waals surface area contributed by atoms with Crippen molar-refractivity contribution in [1.82, 2.24) is 9.78 Å². The second-order valence-corrected chi connectivity index (χ2v) is 6.81. The Bertz CT molecular complexity index is 471. The zero-order valence-corrected chi connectivity index (χ0v) is 13.1. The molecule has 20 heavy (non-hydrogen) atoms. The first-order chi connectivity index (χ1) is 9.59. The number of hydrogen-bond acceptors (Lipinski definition) is 3. The van der Waals surface area contributed by atoms with Crippen LogP contribution in [-0.4, -0.2) is 22.4 Å². The molecule has 1 aliphatic carbocycles. The molecule has 0 radical (unpaired) electrons. The first kappa shape index (κ1) is 13.8. The minimum Gasteiger partial charge on any atom is -0.394 e. The van der Waals surface area contributed by atoms with Crippen molar-refractivity contribution < 1.29 is 0 Å². The third-order valence-corrected chi connectivity index (χ3v) is 5.11. The van der Waals surface area contributed by atoms with E-state index in [0.717, 1.165) is 23.8 Å². The van der Waals surface area contributed by atoms with Gasteiger partial charge in [-0.1, -0.05) is 12.8 Å². The number of anilines is 2. The molecule has 0 bridgehead atoms. The maximum Gasteiger partial charge on any atom is 0.151 e. The zero-order chi connectivity index (χ0) is 14.3. The normalized spacial score (nSPS) is 24.2. The van der Waals surface area contributed by atoms with Crippen LogP contribution in [0.5, 0.6) is 0 Å². The summed E-state index contributed by atoms with van der Waals surface area (Å²) < 4.78 is 2.14. The lowest BCUT2D eigenvalue weighted by Crippen LogP contribution is -2.36. The van der Waals surface area contributed by atoms with Gasteiger partial charge in [0.25, 0.3) is 0 Å². The van der Waals surface area contributed by atoms with Crippen LogP contribution in [0.4, 0.5) is 11.5 Å². The molecule has 0 spiro atoms. The molecule has 1 saturated heterocycles. The van der Waals surface area contributed by atoms with Gasteiger partial charge in [-0.25, -0.2) is 4.68 Å². The maximum absolute atomic E-state index is 6.36. The van der Waals surface area contributed by atoms with E-state index in [1.54, 1.807) is 0 Å². The summed E-state index contributed by atoms with van der Waals surface area (Å²) >= 11 is 0. The summed E-state index contributed by atoms with van der Waals surface area (Å²) in [6.45, 7) is 7.55. The quantitative estimate of drug-likeness (QED) is 0.919. The van der Waals surface area contributed by atoms with E-state index in [4.69, 9.17) is 5.73 Å². The molecule has 0 amide bonds. The van der Waals surface area contributed by atoms with E-state index in [-0.39, 0.29) is 0 Å². The minimum atomic E-state index is 0.367. The summed E-state index contributed by atoms with van der Waals surface area (Å²) in [6, 6.07) is 1.05. The van der Waals surface area contributed by atoms with Crippen LogP contribution in [0.3, 0.4) is 0 Å². The van der Waals surface area contributed by atoms with Crippen LogP contribution in [0, 0.1) is 12.8 Å². The molecule has 2 fully saturated rings. The van der Waals surface area contributed by atoms with Crippen LogP contribution in [0.2, 0.25) is 0 Å². The zero-order valence-electron chi connectivity index (χ0n) is 13.1. The van der Waals surface area contributed by atoms with Crippen LogP contribution in [0.25, 0.3) is 0 Å². The highest BCUT2D eigenvalue weighted by Crippen LogP contribution is 2.40. The maximum atomic E-state index is 6.36. The summed E-state index contributed by atoms with van der Waals surface area (Å²) in [5.41, 5.74) is 8.23. The molecule has 4 nitrogen and oxygen atoms in total. The second-order valence-electron chi connectivity index (χ2n) is 6.81. The fraction of sp³-hybridized carbons (Fsp3) is 0.812. The fourth-order valence-corrected chi connectivity index (χ4v) is 4.08. The molecule has 3 rings (SSSR count). The Kier molecular flexibility index (Phi) is 3.65. The highest BCUT2D eigenvalue weighted by atomic mass is 15.4. The highest BCUT2D eigenvalue weighted by molar-refractivity contribution is 5.67. The van der Waals surface area contributed by atoms with Crippen molar-refractivity contribution in [2.45, 2.75) is 71.4 Å². The van der Waals surface area contributed by atoms with E-state index >= 15 is 0 Å². The average molecular weight is 276 g/mol. The first-order valence-corrected chi connectivity index (χ1v) is 8.20. The molecular weight excluding hydrogens is 248 g/mol. The van der Waals surface area contributed by atoms with E-state index in [1.807, 2.05) is 6.92 Å². The van der Waals surface area contributed by atoms with Crippen LogP contribution >= 0.6 is 0 Å². The number of nitrogens with zero attached hydrogens (tertiary/aromatic N) is 3. The highest BCUT2D eigenvalue weighted by Gasteiger charge is 2.36.